The smallest absolute Gasteiger partial charge is 0.456 e. The molecule has 3 atom stereocenters. The van der Waals surface area contributed by atoms with E-state index in [1.54, 1.807) is 0 Å². The van der Waals surface area contributed by atoms with E-state index in [0.29, 0.717) is 23.9 Å². The molecule has 0 aliphatic rings. The monoisotopic (exact) mass is 1150 g/mol. The third-order valence-electron chi connectivity index (χ3n) is 14.5. The van der Waals surface area contributed by atoms with Crippen LogP contribution in [-0.4, -0.2) is 74.3 Å². The van der Waals surface area contributed by atoms with Crippen LogP contribution in [0.3, 0.4) is 0 Å². The Bertz CT molecular complexity index is 1710. The summed E-state index contributed by atoms with van der Waals surface area (Å²) in [5.74, 6) is -0.534. The van der Waals surface area contributed by atoms with Gasteiger partial charge in [0.25, 0.3) is 0 Å². The van der Waals surface area contributed by atoms with E-state index < -0.39 is 20.0 Å². The molecule has 0 aliphatic carbocycles. The van der Waals surface area contributed by atoms with Gasteiger partial charge in [-0.25, -0.2) is 4.57 Å². The molecule has 0 aromatic rings. The van der Waals surface area contributed by atoms with Gasteiger partial charge < -0.3 is 19.4 Å². The van der Waals surface area contributed by atoms with Crippen molar-refractivity contribution < 1.29 is 37.3 Å². The molecule has 0 saturated carbocycles. The highest BCUT2D eigenvalue weighted by Gasteiger charge is 2.30. The number of phosphoric acid groups is 1. The average molecular weight is 1150 g/mol. The summed E-state index contributed by atoms with van der Waals surface area (Å²) in [5.41, 5.74) is 0. The van der Waals surface area contributed by atoms with Crippen molar-refractivity contribution in [1.29, 1.82) is 0 Å². The quantitative estimate of drug-likeness (QED) is 0.0205. The van der Waals surface area contributed by atoms with Crippen LogP contribution in [0.25, 0.3) is 0 Å². The van der Waals surface area contributed by atoms with Crippen LogP contribution < -0.4 is 5.32 Å². The zero-order valence-corrected chi connectivity index (χ0v) is 54.4. The predicted molar refractivity (Wildman–Crippen MR) is 350 cm³/mol. The third-order valence-corrected chi connectivity index (χ3v) is 15.5. The number of nitrogens with one attached hydrogen (secondary N) is 1. The molecule has 0 radical (unpaired) electrons. The molecule has 2 N–H and O–H groups in total. The number of hydrogen-bond donors (Lipinski definition) is 2. The van der Waals surface area contributed by atoms with Gasteiger partial charge in [-0.1, -0.05) is 260 Å². The summed E-state index contributed by atoms with van der Waals surface area (Å²) in [4.78, 5) is 37.8. The summed E-state index contributed by atoms with van der Waals surface area (Å²) in [5, 5.41) is 3.05. The van der Waals surface area contributed by atoms with Crippen molar-refractivity contribution in [3.05, 3.63) is 97.2 Å². The van der Waals surface area contributed by atoms with E-state index in [1.165, 1.54) is 154 Å². The number of quaternary nitrogens is 1. The lowest BCUT2D eigenvalue weighted by Crippen LogP contribution is -2.47. The fraction of sp³-hybridized carbons (Fsp3) is 0.746. The first kappa shape index (κ1) is 77.9. The Morgan fingerprint density at radius 1 is 0.432 bits per heavy atom. The summed E-state index contributed by atoms with van der Waals surface area (Å²) in [7, 11) is 1.47. The molecule has 81 heavy (non-hydrogen) atoms. The second-order valence-corrected chi connectivity index (χ2v) is 25.1. The number of phosphoric ester groups is 1. The Morgan fingerprint density at radius 3 is 1.15 bits per heavy atom. The molecule has 10 heteroatoms. The summed E-state index contributed by atoms with van der Waals surface area (Å²) >= 11 is 0. The van der Waals surface area contributed by atoms with Crippen LogP contribution >= 0.6 is 7.82 Å². The van der Waals surface area contributed by atoms with Crippen molar-refractivity contribution in [2.75, 3.05) is 40.9 Å². The van der Waals surface area contributed by atoms with E-state index in [0.717, 1.165) is 96.3 Å². The zero-order valence-electron chi connectivity index (χ0n) is 53.5. The lowest BCUT2D eigenvalue weighted by molar-refractivity contribution is -0.870. The molecule has 0 aliphatic heterocycles. The van der Waals surface area contributed by atoms with Crippen molar-refractivity contribution in [1.82, 2.24) is 5.32 Å². The minimum Gasteiger partial charge on any atom is -0.456 e. The van der Waals surface area contributed by atoms with Crippen LogP contribution in [-0.2, 0) is 27.9 Å². The SMILES string of the molecule is CCCCC/C=C\C/C=C\C/C=C\C/C=C\CCCCCCCCCCCCCC(=O)NC(COP(=O)(O)OCC[N+](C)(C)C)C(/C=C\CCCCCCCCCCC)OC(=O)CCCCCC/C=C\C/C=C\C/C=C\CCCCC. The predicted octanol–water partition coefficient (Wildman–Crippen LogP) is 21.1. The molecule has 0 aromatic carbocycles. The van der Waals surface area contributed by atoms with Crippen LogP contribution in [0.2, 0.25) is 0 Å². The molecule has 9 nitrogen and oxygen atoms in total. The summed E-state index contributed by atoms with van der Waals surface area (Å²) in [6.07, 6.45) is 81.3. The molecule has 0 heterocycles. The largest absolute Gasteiger partial charge is 0.472 e. The number of esters is 1. The number of ether oxygens (including phenoxy) is 1. The molecular weight excluding hydrogens is 1020 g/mol. The van der Waals surface area contributed by atoms with Crippen molar-refractivity contribution in [2.45, 2.75) is 303 Å². The number of nitrogens with zero attached hydrogens (tertiary/aromatic N) is 1. The van der Waals surface area contributed by atoms with Gasteiger partial charge in [0.05, 0.1) is 33.8 Å². The molecular formula is C71H128N2O7P+. The molecule has 0 saturated heterocycles. The number of hydrogen-bond acceptors (Lipinski definition) is 6. The Morgan fingerprint density at radius 2 is 0.753 bits per heavy atom. The minimum absolute atomic E-state index is 0.0319. The molecule has 3 unspecified atom stereocenters. The van der Waals surface area contributed by atoms with Crippen LogP contribution in [0.15, 0.2) is 97.2 Å². The highest BCUT2D eigenvalue weighted by Crippen LogP contribution is 2.43. The maximum Gasteiger partial charge on any atom is 0.472 e. The number of unbranched alkanes of at least 4 members (excludes halogenated alkanes) is 30. The highest BCUT2D eigenvalue weighted by molar-refractivity contribution is 7.47. The fourth-order valence-electron chi connectivity index (χ4n) is 9.28. The van der Waals surface area contributed by atoms with Gasteiger partial charge in [-0.05, 0) is 115 Å². The third kappa shape index (κ3) is 61.3. The van der Waals surface area contributed by atoms with Gasteiger partial charge in [0.1, 0.15) is 19.3 Å². The summed E-state index contributed by atoms with van der Waals surface area (Å²) < 4.78 is 30.7. The molecule has 0 rings (SSSR count). The van der Waals surface area contributed by atoms with Crippen LogP contribution in [0, 0.1) is 0 Å². The molecule has 1 amide bonds. The number of allylic oxidation sites excluding steroid dienone is 15. The minimum atomic E-state index is -4.46. The van der Waals surface area contributed by atoms with Gasteiger partial charge in [-0.3, -0.25) is 18.6 Å². The first-order valence-corrected chi connectivity index (χ1v) is 35.1. The fourth-order valence-corrected chi connectivity index (χ4v) is 10.0. The van der Waals surface area contributed by atoms with Crippen molar-refractivity contribution in [3.63, 3.8) is 0 Å². The second kappa shape index (κ2) is 60.1. The van der Waals surface area contributed by atoms with Gasteiger partial charge >= 0.3 is 13.8 Å². The normalized spacial score (nSPS) is 14.2. The molecule has 0 bridgehead atoms. The molecule has 0 spiro atoms. The lowest BCUT2D eigenvalue weighted by Gasteiger charge is -2.27. The van der Waals surface area contributed by atoms with E-state index in [-0.39, 0.29) is 31.5 Å². The van der Waals surface area contributed by atoms with E-state index in [1.807, 2.05) is 33.3 Å². The van der Waals surface area contributed by atoms with Crippen molar-refractivity contribution >= 4 is 19.7 Å². The summed E-state index contributed by atoms with van der Waals surface area (Å²) in [6.45, 7) is 6.94. The highest BCUT2D eigenvalue weighted by atomic mass is 31.2. The Kier molecular flexibility index (Phi) is 57.8. The summed E-state index contributed by atoms with van der Waals surface area (Å²) in [6, 6.07) is -0.865. The van der Waals surface area contributed by atoms with E-state index >= 15 is 0 Å². The van der Waals surface area contributed by atoms with Gasteiger partial charge in [0.2, 0.25) is 5.91 Å². The standard InChI is InChI=1S/C71H127N2O7P/c1-7-10-13-16-19-22-25-27-29-31-32-33-34-35-36-37-38-39-40-42-43-45-48-51-54-57-60-63-70(74)72-68(67-79-81(76,77)78-66-65-73(4,5)6)69(62-59-56-53-50-47-24-21-18-15-12-9-3)80-71(75)64-61-58-55-52-49-46-44-41-30-28-26-23-20-17-14-11-8-2/h19-20,22-23,27-30,32-33,35-36,44,46,59,62,68-69H,7-18,21,24-26,31,34,37-43,45,47-58,60-61,63-67H2,1-6H3,(H-,72,74,76,77)/p+1/b22-19-,23-20-,29-27-,30-28-,33-32-,36-35-,46-44-,62-59-. The molecule has 468 valence electrons. The van der Waals surface area contributed by atoms with Crippen LogP contribution in [0.1, 0.15) is 290 Å². The molecule has 0 aromatic heterocycles. The number of amides is 1. The topological polar surface area (TPSA) is 111 Å². The van der Waals surface area contributed by atoms with E-state index in [9.17, 15) is 19.0 Å². The second-order valence-electron chi connectivity index (χ2n) is 23.6. The van der Waals surface area contributed by atoms with E-state index in [4.69, 9.17) is 13.8 Å². The Balaban J connectivity index is 5.09. The number of carbonyl (C=O) groups excluding carboxylic acids is 2. The Labute approximate surface area is 500 Å². The number of carbonyl (C=O) groups is 2. The van der Waals surface area contributed by atoms with Gasteiger partial charge in [-0.15, -0.1) is 0 Å². The maximum absolute atomic E-state index is 13.6. The number of likely N-dealkylation sites (N-methyl/N-ethyl adjacent to an activating group) is 1. The first-order chi connectivity index (χ1) is 39.4. The lowest BCUT2D eigenvalue weighted by atomic mass is 10.0. The number of rotatable bonds is 60. The Hall–Kier alpha value is -3.07. The van der Waals surface area contributed by atoms with Gasteiger partial charge in [0, 0.05) is 12.8 Å². The zero-order chi connectivity index (χ0) is 59.3. The van der Waals surface area contributed by atoms with Gasteiger partial charge in [-0.2, -0.15) is 0 Å². The van der Waals surface area contributed by atoms with Crippen molar-refractivity contribution in [2.24, 2.45) is 0 Å². The van der Waals surface area contributed by atoms with E-state index in [2.05, 4.69) is 111 Å². The van der Waals surface area contributed by atoms with Crippen LogP contribution in [0.4, 0.5) is 0 Å². The maximum atomic E-state index is 13.6. The first-order valence-electron chi connectivity index (χ1n) is 33.6. The average Bonchev–Trinajstić information content (AvgIpc) is 3.43. The molecule has 0 fully saturated rings. The van der Waals surface area contributed by atoms with Crippen molar-refractivity contribution in [3.8, 4) is 0 Å². The van der Waals surface area contributed by atoms with Crippen LogP contribution in [0.5, 0.6) is 0 Å². The van der Waals surface area contributed by atoms with Gasteiger partial charge in [0.15, 0.2) is 0 Å².